The number of carbonyl (C=O) groups excluding carboxylic acids is 1. The first kappa shape index (κ1) is 17.9. The predicted molar refractivity (Wildman–Crippen MR) is 103 cm³/mol. The van der Waals surface area contributed by atoms with E-state index in [1.54, 1.807) is 0 Å². The maximum Gasteiger partial charge on any atom is 0.243 e. The van der Waals surface area contributed by atoms with Crippen LogP contribution in [0.15, 0.2) is 42.5 Å². The second-order valence-electron chi connectivity index (χ2n) is 5.87. The van der Waals surface area contributed by atoms with Crippen LogP contribution in [0.2, 0.25) is 0 Å². The Hall–Kier alpha value is -2.49. The molecule has 0 aliphatic rings. The van der Waals surface area contributed by atoms with Gasteiger partial charge in [-0.2, -0.15) is 0 Å². The van der Waals surface area contributed by atoms with E-state index in [1.165, 1.54) is 11.3 Å². The van der Waals surface area contributed by atoms with Gasteiger partial charge in [-0.1, -0.05) is 12.1 Å². The fraction of sp³-hybridized carbons (Fsp3) is 0.350. The Morgan fingerprint density at radius 3 is 2.29 bits per heavy atom. The maximum absolute atomic E-state index is 12.1. The first-order valence-electron chi connectivity index (χ1n) is 8.50. The minimum absolute atomic E-state index is 0.0449. The van der Waals surface area contributed by atoms with Crippen molar-refractivity contribution < 1.29 is 4.79 Å². The second kappa shape index (κ2) is 8.39. The lowest BCUT2D eigenvalue weighted by atomic mass is 10.1. The van der Waals surface area contributed by atoms with Gasteiger partial charge in [0.15, 0.2) is 0 Å². The minimum atomic E-state index is -0.0449. The van der Waals surface area contributed by atoms with E-state index >= 15 is 0 Å². The Morgan fingerprint density at radius 1 is 1.00 bits per heavy atom. The Labute approximate surface area is 144 Å². The van der Waals surface area contributed by atoms with Gasteiger partial charge in [-0.05, 0) is 69.2 Å². The SMILES string of the molecule is CCN(CC)c1ccc(NCC(=O)Nc2cccc(C)c2C)cc1. The molecule has 0 aromatic heterocycles. The molecule has 24 heavy (non-hydrogen) atoms. The van der Waals surface area contributed by atoms with Crippen LogP contribution in [-0.4, -0.2) is 25.5 Å². The highest BCUT2D eigenvalue weighted by atomic mass is 16.1. The average Bonchev–Trinajstić information content (AvgIpc) is 2.59. The fourth-order valence-electron chi connectivity index (χ4n) is 2.64. The molecule has 2 aromatic carbocycles. The van der Waals surface area contributed by atoms with E-state index in [9.17, 15) is 4.79 Å². The van der Waals surface area contributed by atoms with E-state index in [0.29, 0.717) is 0 Å². The zero-order chi connectivity index (χ0) is 17.5. The van der Waals surface area contributed by atoms with Crippen molar-refractivity contribution in [1.29, 1.82) is 0 Å². The van der Waals surface area contributed by atoms with Crippen LogP contribution in [0.1, 0.15) is 25.0 Å². The molecule has 0 atom stereocenters. The van der Waals surface area contributed by atoms with Gasteiger partial charge in [-0.3, -0.25) is 4.79 Å². The maximum atomic E-state index is 12.1. The summed E-state index contributed by atoms with van der Waals surface area (Å²) in [6.07, 6.45) is 0. The third kappa shape index (κ3) is 4.51. The number of nitrogens with zero attached hydrogens (tertiary/aromatic N) is 1. The summed E-state index contributed by atoms with van der Waals surface area (Å²) in [5, 5.41) is 6.13. The lowest BCUT2D eigenvalue weighted by molar-refractivity contribution is -0.114. The van der Waals surface area contributed by atoms with Crippen molar-refractivity contribution in [2.75, 3.05) is 35.2 Å². The molecule has 0 saturated carbocycles. The van der Waals surface area contributed by atoms with Gasteiger partial charge in [0.2, 0.25) is 5.91 Å². The number of hydrogen-bond acceptors (Lipinski definition) is 3. The number of hydrogen-bond donors (Lipinski definition) is 2. The van der Waals surface area contributed by atoms with Gasteiger partial charge in [0.1, 0.15) is 0 Å². The lowest BCUT2D eigenvalue weighted by Crippen LogP contribution is -2.23. The molecule has 0 saturated heterocycles. The first-order valence-corrected chi connectivity index (χ1v) is 8.50. The number of benzene rings is 2. The van der Waals surface area contributed by atoms with Gasteiger partial charge in [0, 0.05) is 30.2 Å². The molecule has 128 valence electrons. The van der Waals surface area contributed by atoms with Crippen LogP contribution in [0, 0.1) is 13.8 Å². The van der Waals surface area contributed by atoms with Crippen molar-refractivity contribution in [2.24, 2.45) is 0 Å². The molecule has 4 nitrogen and oxygen atoms in total. The van der Waals surface area contributed by atoms with Gasteiger partial charge < -0.3 is 15.5 Å². The number of anilines is 3. The normalized spacial score (nSPS) is 10.3. The summed E-state index contributed by atoms with van der Waals surface area (Å²) >= 11 is 0. The second-order valence-corrected chi connectivity index (χ2v) is 5.87. The Bertz CT molecular complexity index is 676. The summed E-state index contributed by atoms with van der Waals surface area (Å²) in [6.45, 7) is 10.6. The summed E-state index contributed by atoms with van der Waals surface area (Å²) in [6, 6.07) is 14.1. The zero-order valence-electron chi connectivity index (χ0n) is 15.0. The van der Waals surface area contributed by atoms with E-state index in [0.717, 1.165) is 30.0 Å². The first-order chi connectivity index (χ1) is 11.5. The number of amides is 1. The summed E-state index contributed by atoms with van der Waals surface area (Å²) in [5.41, 5.74) is 5.30. The smallest absolute Gasteiger partial charge is 0.243 e. The lowest BCUT2D eigenvalue weighted by Gasteiger charge is -2.21. The summed E-state index contributed by atoms with van der Waals surface area (Å²) < 4.78 is 0. The molecule has 0 radical (unpaired) electrons. The summed E-state index contributed by atoms with van der Waals surface area (Å²) in [5.74, 6) is -0.0449. The van der Waals surface area contributed by atoms with Crippen LogP contribution >= 0.6 is 0 Å². The molecule has 0 heterocycles. The van der Waals surface area contributed by atoms with Crippen molar-refractivity contribution in [3.63, 3.8) is 0 Å². The predicted octanol–water partition coefficient (Wildman–Crippen LogP) is 4.20. The molecule has 0 unspecified atom stereocenters. The van der Waals surface area contributed by atoms with Crippen molar-refractivity contribution >= 4 is 23.0 Å². The highest BCUT2D eigenvalue weighted by Crippen LogP contribution is 2.19. The van der Waals surface area contributed by atoms with Crippen LogP contribution in [0.4, 0.5) is 17.1 Å². The average molecular weight is 325 g/mol. The number of aryl methyl sites for hydroxylation is 1. The number of rotatable bonds is 7. The monoisotopic (exact) mass is 325 g/mol. The molecule has 1 amide bonds. The number of carbonyl (C=O) groups is 1. The van der Waals surface area contributed by atoms with Crippen molar-refractivity contribution in [3.8, 4) is 0 Å². The van der Waals surface area contributed by atoms with Crippen molar-refractivity contribution in [2.45, 2.75) is 27.7 Å². The molecule has 0 fully saturated rings. The molecular weight excluding hydrogens is 298 g/mol. The fourth-order valence-corrected chi connectivity index (χ4v) is 2.64. The highest BCUT2D eigenvalue weighted by molar-refractivity contribution is 5.94. The zero-order valence-corrected chi connectivity index (χ0v) is 15.0. The Morgan fingerprint density at radius 2 is 1.67 bits per heavy atom. The third-order valence-electron chi connectivity index (χ3n) is 4.33. The molecule has 0 aliphatic carbocycles. The van der Waals surface area contributed by atoms with Gasteiger partial charge >= 0.3 is 0 Å². The molecule has 2 aromatic rings. The Balaban J connectivity index is 1.91. The van der Waals surface area contributed by atoms with Crippen LogP contribution in [0.3, 0.4) is 0 Å². The molecule has 2 rings (SSSR count). The molecular formula is C20H27N3O. The van der Waals surface area contributed by atoms with E-state index in [4.69, 9.17) is 0 Å². The van der Waals surface area contributed by atoms with Crippen LogP contribution in [0.25, 0.3) is 0 Å². The Kier molecular flexibility index (Phi) is 6.24. The molecule has 0 spiro atoms. The molecule has 2 N–H and O–H groups in total. The van der Waals surface area contributed by atoms with Crippen LogP contribution < -0.4 is 15.5 Å². The van der Waals surface area contributed by atoms with E-state index in [-0.39, 0.29) is 12.5 Å². The van der Waals surface area contributed by atoms with Crippen molar-refractivity contribution in [3.05, 3.63) is 53.6 Å². The molecule has 4 heteroatoms. The largest absolute Gasteiger partial charge is 0.376 e. The van der Waals surface area contributed by atoms with Crippen LogP contribution in [0.5, 0.6) is 0 Å². The molecule has 0 bridgehead atoms. The van der Waals surface area contributed by atoms with E-state index in [1.807, 2.05) is 44.2 Å². The standard InChI is InChI=1S/C20H27N3O/c1-5-23(6-2)18-12-10-17(11-13-18)21-14-20(24)22-19-9-7-8-15(3)16(19)4/h7-13,21H,5-6,14H2,1-4H3,(H,22,24). The highest BCUT2D eigenvalue weighted by Gasteiger charge is 2.06. The summed E-state index contributed by atoms with van der Waals surface area (Å²) in [7, 11) is 0. The third-order valence-corrected chi connectivity index (χ3v) is 4.33. The van der Waals surface area contributed by atoms with Gasteiger partial charge in [0.25, 0.3) is 0 Å². The quantitative estimate of drug-likeness (QED) is 0.802. The van der Waals surface area contributed by atoms with Gasteiger partial charge in [-0.15, -0.1) is 0 Å². The van der Waals surface area contributed by atoms with Gasteiger partial charge in [0.05, 0.1) is 6.54 Å². The van der Waals surface area contributed by atoms with E-state index < -0.39 is 0 Å². The van der Waals surface area contributed by atoms with Gasteiger partial charge in [-0.25, -0.2) is 0 Å². The molecule has 0 aliphatic heterocycles. The van der Waals surface area contributed by atoms with E-state index in [2.05, 4.69) is 41.5 Å². The number of nitrogens with one attached hydrogen (secondary N) is 2. The summed E-state index contributed by atoms with van der Waals surface area (Å²) in [4.78, 5) is 14.4. The van der Waals surface area contributed by atoms with Crippen LogP contribution in [-0.2, 0) is 4.79 Å². The minimum Gasteiger partial charge on any atom is -0.376 e. The topological polar surface area (TPSA) is 44.4 Å². The van der Waals surface area contributed by atoms with Crippen molar-refractivity contribution in [1.82, 2.24) is 0 Å².